The molecule has 1 aliphatic carbocycles. The summed E-state index contributed by atoms with van der Waals surface area (Å²) in [5.41, 5.74) is -0.100. The predicted molar refractivity (Wildman–Crippen MR) is 95.6 cm³/mol. The van der Waals surface area contributed by atoms with Gasteiger partial charge in [0.05, 0.1) is 5.69 Å². The Hall–Kier alpha value is -2.37. The highest BCUT2D eigenvalue weighted by molar-refractivity contribution is 7.92. The molecule has 1 unspecified atom stereocenters. The minimum absolute atomic E-state index is 0.0481. The zero-order valence-electron chi connectivity index (χ0n) is 15.6. The number of hydrogen-bond donors (Lipinski definition) is 2. The molecule has 0 fully saturated rings. The number of aromatic nitrogens is 1. The molecular weight excluding hydrogens is 438 g/mol. The molecular formula is C18H18F6N2O3S. The largest absolute Gasteiger partial charge is 0.484 e. The van der Waals surface area contributed by atoms with Crippen LogP contribution in [0.2, 0.25) is 0 Å². The lowest BCUT2D eigenvalue weighted by Gasteiger charge is -2.27. The highest BCUT2D eigenvalue weighted by Crippen LogP contribution is 2.38. The molecule has 1 atom stereocenters. The third-order valence-electron chi connectivity index (χ3n) is 4.87. The van der Waals surface area contributed by atoms with Crippen molar-refractivity contribution in [1.29, 1.82) is 0 Å². The Morgan fingerprint density at radius 1 is 1.27 bits per heavy atom. The van der Waals surface area contributed by atoms with Gasteiger partial charge in [0, 0.05) is 29.9 Å². The Morgan fingerprint density at radius 3 is 2.60 bits per heavy atom. The molecule has 1 aromatic heterocycles. The molecule has 1 aliphatic rings. The first-order valence-corrected chi connectivity index (χ1v) is 10.4. The molecule has 5 nitrogen and oxygen atoms in total. The lowest BCUT2D eigenvalue weighted by molar-refractivity contribution is -0.0448. The molecule has 2 N–H and O–H groups in total. The summed E-state index contributed by atoms with van der Waals surface area (Å²) in [5.74, 6) is -7.13. The molecule has 3 rings (SSSR count). The molecule has 1 aromatic carbocycles. The molecule has 1 heterocycles. The first-order valence-electron chi connectivity index (χ1n) is 8.88. The standard InChI is InChI=1S/C18H18F6N2O3S/c1-18(23,24)9-2-3-10-13(4-9)25-7-16(10)30(27,28)26-14-5-12(20)15(6-11(14)19)29-8-17(21)22/h5-7,9,17,25-26H,2-4,8H2,1H3. The fraction of sp³-hybridized carbons (Fsp3) is 0.444. The number of sulfonamides is 1. The molecule has 0 spiro atoms. The maximum absolute atomic E-state index is 14.2. The second-order valence-corrected chi connectivity index (χ2v) is 8.73. The normalized spacial score (nSPS) is 17.1. The van der Waals surface area contributed by atoms with E-state index in [4.69, 9.17) is 0 Å². The van der Waals surface area contributed by atoms with E-state index in [-0.39, 0.29) is 24.2 Å². The Morgan fingerprint density at radius 2 is 1.97 bits per heavy atom. The van der Waals surface area contributed by atoms with E-state index in [1.54, 1.807) is 0 Å². The van der Waals surface area contributed by atoms with Crippen molar-refractivity contribution < 1.29 is 39.5 Å². The zero-order chi connectivity index (χ0) is 22.3. The minimum Gasteiger partial charge on any atom is -0.484 e. The molecule has 166 valence electrons. The molecule has 12 heteroatoms. The number of fused-ring (bicyclic) bond motifs is 1. The van der Waals surface area contributed by atoms with E-state index in [2.05, 4.69) is 9.72 Å². The van der Waals surface area contributed by atoms with Crippen LogP contribution in [0.3, 0.4) is 0 Å². The molecule has 2 aromatic rings. The van der Waals surface area contributed by atoms with Gasteiger partial charge in [-0.15, -0.1) is 0 Å². The number of nitrogens with one attached hydrogen (secondary N) is 2. The Labute approximate surface area is 168 Å². The van der Waals surface area contributed by atoms with Gasteiger partial charge in [-0.05, 0) is 31.7 Å². The molecule has 0 bridgehead atoms. The van der Waals surface area contributed by atoms with Gasteiger partial charge in [-0.25, -0.2) is 34.8 Å². The van der Waals surface area contributed by atoms with Crippen molar-refractivity contribution in [3.63, 3.8) is 0 Å². The van der Waals surface area contributed by atoms with E-state index in [0.717, 1.165) is 13.1 Å². The van der Waals surface area contributed by atoms with Crippen LogP contribution in [0.1, 0.15) is 24.6 Å². The maximum atomic E-state index is 14.2. The number of rotatable bonds is 7. The van der Waals surface area contributed by atoms with Crippen molar-refractivity contribution in [2.45, 2.75) is 43.4 Å². The van der Waals surface area contributed by atoms with Crippen LogP contribution in [0.25, 0.3) is 0 Å². The van der Waals surface area contributed by atoms with Crippen LogP contribution >= 0.6 is 0 Å². The van der Waals surface area contributed by atoms with Gasteiger partial charge in [-0.1, -0.05) is 0 Å². The topological polar surface area (TPSA) is 71.2 Å². The third kappa shape index (κ3) is 4.68. The SMILES string of the molecule is CC(F)(F)C1CCc2c(S(=O)(=O)Nc3cc(F)c(OCC(F)F)cc3F)c[nH]c2C1. The maximum Gasteiger partial charge on any atom is 0.272 e. The first kappa shape index (κ1) is 22.3. The van der Waals surface area contributed by atoms with Crippen molar-refractivity contribution in [3.8, 4) is 5.75 Å². The first-order chi connectivity index (χ1) is 13.9. The third-order valence-corrected chi connectivity index (χ3v) is 6.30. The van der Waals surface area contributed by atoms with Crippen LogP contribution in [-0.4, -0.2) is 32.4 Å². The molecule has 0 saturated heterocycles. The summed E-state index contributed by atoms with van der Waals surface area (Å²) < 4.78 is 111. The van der Waals surface area contributed by atoms with Crippen molar-refractivity contribution >= 4 is 15.7 Å². The lowest BCUT2D eigenvalue weighted by atomic mass is 9.84. The van der Waals surface area contributed by atoms with Crippen LogP contribution in [0.4, 0.5) is 32.0 Å². The summed E-state index contributed by atoms with van der Waals surface area (Å²) in [6.45, 7) is -0.356. The Balaban J connectivity index is 1.83. The monoisotopic (exact) mass is 456 g/mol. The van der Waals surface area contributed by atoms with Gasteiger partial charge >= 0.3 is 0 Å². The number of H-pyrrole nitrogens is 1. The number of hydrogen-bond acceptors (Lipinski definition) is 3. The zero-order valence-corrected chi connectivity index (χ0v) is 16.4. The number of alkyl halides is 4. The van der Waals surface area contributed by atoms with Crippen LogP contribution in [0, 0.1) is 17.6 Å². The fourth-order valence-corrected chi connectivity index (χ4v) is 4.66. The number of benzene rings is 1. The summed E-state index contributed by atoms with van der Waals surface area (Å²) in [6.07, 6.45) is -1.71. The van der Waals surface area contributed by atoms with Gasteiger partial charge in [-0.3, -0.25) is 4.72 Å². The number of halogens is 6. The van der Waals surface area contributed by atoms with Crippen LogP contribution < -0.4 is 9.46 Å². The van der Waals surface area contributed by atoms with E-state index < -0.39 is 58.0 Å². The minimum atomic E-state index is -4.38. The summed E-state index contributed by atoms with van der Waals surface area (Å²) in [6, 6.07) is 0.927. The highest BCUT2D eigenvalue weighted by atomic mass is 32.2. The second kappa shape index (κ2) is 8.05. The summed E-state index contributed by atoms with van der Waals surface area (Å²) in [5, 5.41) is 0. The Bertz CT molecular complexity index is 1030. The number of ether oxygens (including phenoxy) is 1. The van der Waals surface area contributed by atoms with E-state index in [9.17, 15) is 34.8 Å². The van der Waals surface area contributed by atoms with Gasteiger partial charge in [0.2, 0.25) is 5.92 Å². The Kier molecular flexibility index (Phi) is 5.99. The van der Waals surface area contributed by atoms with Gasteiger partial charge in [0.15, 0.2) is 17.4 Å². The molecule has 0 saturated carbocycles. The van der Waals surface area contributed by atoms with E-state index >= 15 is 0 Å². The van der Waals surface area contributed by atoms with Gasteiger partial charge in [-0.2, -0.15) is 0 Å². The van der Waals surface area contributed by atoms with E-state index in [1.807, 2.05) is 4.72 Å². The van der Waals surface area contributed by atoms with E-state index in [0.29, 0.717) is 23.4 Å². The van der Waals surface area contributed by atoms with Crippen molar-refractivity contribution in [2.75, 3.05) is 11.3 Å². The van der Waals surface area contributed by atoms with Gasteiger partial charge in [0.1, 0.15) is 11.5 Å². The quantitative estimate of drug-likeness (QED) is 0.603. The van der Waals surface area contributed by atoms with Crippen LogP contribution in [-0.2, 0) is 22.9 Å². The summed E-state index contributed by atoms with van der Waals surface area (Å²) in [4.78, 5) is 2.41. The predicted octanol–water partition coefficient (Wildman–Crippen LogP) is 4.50. The van der Waals surface area contributed by atoms with Crippen LogP contribution in [0.15, 0.2) is 23.2 Å². The van der Waals surface area contributed by atoms with Crippen LogP contribution in [0.5, 0.6) is 5.75 Å². The average Bonchev–Trinajstić information content (AvgIpc) is 3.06. The molecule has 0 radical (unpaired) electrons. The summed E-state index contributed by atoms with van der Waals surface area (Å²) >= 11 is 0. The summed E-state index contributed by atoms with van der Waals surface area (Å²) in [7, 11) is -4.38. The lowest BCUT2D eigenvalue weighted by Crippen LogP contribution is -2.30. The number of aromatic amines is 1. The van der Waals surface area contributed by atoms with Gasteiger partial charge < -0.3 is 9.72 Å². The van der Waals surface area contributed by atoms with Crippen molar-refractivity contribution in [2.24, 2.45) is 5.92 Å². The smallest absolute Gasteiger partial charge is 0.272 e. The molecule has 30 heavy (non-hydrogen) atoms. The van der Waals surface area contributed by atoms with Gasteiger partial charge in [0.25, 0.3) is 16.4 Å². The second-order valence-electron chi connectivity index (χ2n) is 7.08. The highest BCUT2D eigenvalue weighted by Gasteiger charge is 2.38. The van der Waals surface area contributed by atoms with Crippen molar-refractivity contribution in [1.82, 2.24) is 4.98 Å². The molecule has 0 aliphatic heterocycles. The number of anilines is 1. The van der Waals surface area contributed by atoms with Crippen molar-refractivity contribution in [3.05, 3.63) is 41.2 Å². The average molecular weight is 456 g/mol. The fourth-order valence-electron chi connectivity index (χ4n) is 3.34. The molecule has 0 amide bonds. The van der Waals surface area contributed by atoms with E-state index in [1.165, 1.54) is 0 Å².